The number of hydrogen-bond donors (Lipinski definition) is 1. The molecule has 58 valence electrons. The molecule has 2 heteroatoms. The molecule has 0 unspecified atom stereocenters. The molecule has 1 N–H and O–H groups in total. The smallest absolute Gasteiger partial charge is 0.165 e. The Morgan fingerprint density at radius 2 is 2.10 bits per heavy atom. The van der Waals surface area contributed by atoms with E-state index in [1.165, 1.54) is 0 Å². The van der Waals surface area contributed by atoms with Crippen LogP contribution in [0, 0.1) is 0 Å². The summed E-state index contributed by atoms with van der Waals surface area (Å²) in [6, 6.07) is 0. The molecule has 1 fully saturated rings. The summed E-state index contributed by atoms with van der Waals surface area (Å²) in [6.45, 7) is 3.97. The van der Waals surface area contributed by atoms with Gasteiger partial charge in [-0.3, -0.25) is 0 Å². The average Bonchev–Trinajstić information content (AvgIpc) is 2.33. The molecule has 1 aliphatic carbocycles. The molecule has 2 nitrogen and oxygen atoms in total. The van der Waals surface area contributed by atoms with E-state index in [1.807, 2.05) is 0 Å². The van der Waals surface area contributed by atoms with E-state index in [-0.39, 0.29) is 0 Å². The van der Waals surface area contributed by atoms with Gasteiger partial charge >= 0.3 is 0 Å². The van der Waals surface area contributed by atoms with Crippen molar-refractivity contribution in [3.05, 3.63) is 12.7 Å². The normalized spacial score (nSPS) is 22.9. The van der Waals surface area contributed by atoms with Crippen molar-refractivity contribution in [3.63, 3.8) is 0 Å². The first-order valence-corrected chi connectivity index (χ1v) is 3.74. The van der Waals surface area contributed by atoms with E-state index in [0.29, 0.717) is 6.61 Å². The predicted molar refractivity (Wildman–Crippen MR) is 39.6 cm³/mol. The third-order valence-corrected chi connectivity index (χ3v) is 1.85. The monoisotopic (exact) mass is 142 g/mol. The zero-order valence-electron chi connectivity index (χ0n) is 6.18. The molecule has 0 radical (unpaired) electrons. The van der Waals surface area contributed by atoms with Crippen LogP contribution >= 0.6 is 0 Å². The highest BCUT2D eigenvalue weighted by Crippen LogP contribution is 2.30. The van der Waals surface area contributed by atoms with Crippen molar-refractivity contribution >= 4 is 0 Å². The summed E-state index contributed by atoms with van der Waals surface area (Å²) in [5, 5.41) is 9.55. The standard InChI is InChI=1S/C8H14O2/c1-2-7-10-8(9)5-3-4-6-8/h2,9H,1,3-7H2. The Hall–Kier alpha value is -0.340. The maximum atomic E-state index is 9.55. The maximum Gasteiger partial charge on any atom is 0.165 e. The van der Waals surface area contributed by atoms with E-state index < -0.39 is 5.79 Å². The summed E-state index contributed by atoms with van der Waals surface area (Å²) in [5.41, 5.74) is 0. The second-order valence-corrected chi connectivity index (χ2v) is 2.75. The van der Waals surface area contributed by atoms with Gasteiger partial charge in [-0.25, -0.2) is 0 Å². The second kappa shape index (κ2) is 3.17. The molecule has 0 atom stereocenters. The summed E-state index contributed by atoms with van der Waals surface area (Å²) in [7, 11) is 0. The van der Waals surface area contributed by atoms with Gasteiger partial charge in [0.25, 0.3) is 0 Å². The van der Waals surface area contributed by atoms with Gasteiger partial charge in [0.05, 0.1) is 6.61 Å². The van der Waals surface area contributed by atoms with E-state index >= 15 is 0 Å². The topological polar surface area (TPSA) is 29.5 Å². The van der Waals surface area contributed by atoms with Crippen molar-refractivity contribution in [1.29, 1.82) is 0 Å². The minimum absolute atomic E-state index is 0.455. The molecule has 0 heterocycles. The van der Waals surface area contributed by atoms with Gasteiger partial charge in [0, 0.05) is 12.8 Å². The first-order chi connectivity index (χ1) is 4.77. The van der Waals surface area contributed by atoms with Crippen LogP contribution in [0.2, 0.25) is 0 Å². The van der Waals surface area contributed by atoms with Crippen LogP contribution in [0.4, 0.5) is 0 Å². The first kappa shape index (κ1) is 7.76. The van der Waals surface area contributed by atoms with Crippen LogP contribution in [0.25, 0.3) is 0 Å². The Bertz CT molecular complexity index is 114. The van der Waals surface area contributed by atoms with Crippen LogP contribution in [-0.2, 0) is 4.74 Å². The zero-order chi connectivity index (χ0) is 7.45. The summed E-state index contributed by atoms with van der Waals surface area (Å²) < 4.78 is 5.18. The Kier molecular flexibility index (Phi) is 2.46. The third kappa shape index (κ3) is 1.82. The molecule has 0 bridgehead atoms. The molecule has 0 aromatic carbocycles. The van der Waals surface area contributed by atoms with Crippen LogP contribution in [0.3, 0.4) is 0 Å². The highest BCUT2D eigenvalue weighted by Gasteiger charge is 2.31. The number of hydrogen-bond acceptors (Lipinski definition) is 2. The lowest BCUT2D eigenvalue weighted by atomic mass is 10.2. The third-order valence-electron chi connectivity index (χ3n) is 1.85. The molecule has 0 aromatic rings. The van der Waals surface area contributed by atoms with E-state index in [1.54, 1.807) is 6.08 Å². The number of ether oxygens (including phenoxy) is 1. The number of rotatable bonds is 3. The summed E-state index contributed by atoms with van der Waals surface area (Å²) in [5.74, 6) is -0.825. The van der Waals surface area contributed by atoms with Gasteiger partial charge in [-0.05, 0) is 12.8 Å². The van der Waals surface area contributed by atoms with Crippen LogP contribution in [0.15, 0.2) is 12.7 Å². The molecule has 0 aliphatic heterocycles. The molecular weight excluding hydrogens is 128 g/mol. The van der Waals surface area contributed by atoms with Crippen LogP contribution in [0.5, 0.6) is 0 Å². The van der Waals surface area contributed by atoms with Crippen LogP contribution in [0.1, 0.15) is 25.7 Å². The average molecular weight is 142 g/mol. The van der Waals surface area contributed by atoms with Crippen LogP contribution < -0.4 is 0 Å². The Labute approximate surface area is 61.5 Å². The highest BCUT2D eigenvalue weighted by molar-refractivity contribution is 4.77. The SMILES string of the molecule is C=CCOC1(O)CCCC1. The van der Waals surface area contributed by atoms with Crippen molar-refractivity contribution in [2.24, 2.45) is 0 Å². The first-order valence-electron chi connectivity index (χ1n) is 3.74. The zero-order valence-corrected chi connectivity index (χ0v) is 6.18. The fourth-order valence-electron chi connectivity index (χ4n) is 1.29. The summed E-state index contributed by atoms with van der Waals surface area (Å²) in [4.78, 5) is 0. The Balaban J connectivity index is 2.28. The van der Waals surface area contributed by atoms with E-state index in [9.17, 15) is 5.11 Å². The lowest BCUT2D eigenvalue weighted by molar-refractivity contribution is -0.189. The minimum Gasteiger partial charge on any atom is -0.365 e. The summed E-state index contributed by atoms with van der Waals surface area (Å²) in [6.07, 6.45) is 5.37. The quantitative estimate of drug-likeness (QED) is 0.477. The maximum absolute atomic E-state index is 9.55. The predicted octanol–water partition coefficient (Wildman–Crippen LogP) is 1.45. The lowest BCUT2D eigenvalue weighted by Gasteiger charge is -2.21. The minimum atomic E-state index is -0.825. The van der Waals surface area contributed by atoms with E-state index in [4.69, 9.17) is 4.74 Å². The second-order valence-electron chi connectivity index (χ2n) is 2.75. The number of aliphatic hydroxyl groups is 1. The van der Waals surface area contributed by atoms with Crippen molar-refractivity contribution in [2.75, 3.05) is 6.61 Å². The molecule has 1 saturated carbocycles. The van der Waals surface area contributed by atoms with Crippen molar-refractivity contribution in [1.82, 2.24) is 0 Å². The molecule has 0 spiro atoms. The van der Waals surface area contributed by atoms with E-state index in [0.717, 1.165) is 25.7 Å². The molecule has 0 amide bonds. The van der Waals surface area contributed by atoms with Gasteiger partial charge in [0.15, 0.2) is 5.79 Å². The Morgan fingerprint density at radius 1 is 1.50 bits per heavy atom. The van der Waals surface area contributed by atoms with Gasteiger partial charge in [-0.1, -0.05) is 6.08 Å². The van der Waals surface area contributed by atoms with Crippen molar-refractivity contribution < 1.29 is 9.84 Å². The molecule has 1 aliphatic rings. The highest BCUT2D eigenvalue weighted by atomic mass is 16.6. The lowest BCUT2D eigenvalue weighted by Crippen LogP contribution is -2.28. The Morgan fingerprint density at radius 3 is 2.60 bits per heavy atom. The van der Waals surface area contributed by atoms with Gasteiger partial charge < -0.3 is 9.84 Å². The largest absolute Gasteiger partial charge is 0.365 e. The van der Waals surface area contributed by atoms with Crippen molar-refractivity contribution in [2.45, 2.75) is 31.5 Å². The van der Waals surface area contributed by atoms with Crippen LogP contribution in [-0.4, -0.2) is 17.5 Å². The molecule has 1 rings (SSSR count). The van der Waals surface area contributed by atoms with Gasteiger partial charge in [0.2, 0.25) is 0 Å². The molecule has 10 heavy (non-hydrogen) atoms. The van der Waals surface area contributed by atoms with Crippen molar-refractivity contribution in [3.8, 4) is 0 Å². The fourth-order valence-corrected chi connectivity index (χ4v) is 1.29. The molecule has 0 saturated heterocycles. The van der Waals surface area contributed by atoms with Gasteiger partial charge in [-0.15, -0.1) is 6.58 Å². The summed E-state index contributed by atoms with van der Waals surface area (Å²) >= 11 is 0. The fraction of sp³-hybridized carbons (Fsp3) is 0.750. The van der Waals surface area contributed by atoms with Gasteiger partial charge in [0.1, 0.15) is 0 Å². The molecular formula is C8H14O2. The van der Waals surface area contributed by atoms with E-state index in [2.05, 4.69) is 6.58 Å². The van der Waals surface area contributed by atoms with Gasteiger partial charge in [-0.2, -0.15) is 0 Å². The molecule has 0 aromatic heterocycles.